The summed E-state index contributed by atoms with van der Waals surface area (Å²) in [5.74, 6) is 0.196. The molecule has 64 valence electrons. The topological polar surface area (TPSA) is 33.1 Å². The van der Waals surface area contributed by atoms with Crippen LogP contribution in [0.1, 0.15) is 0 Å². The molecule has 0 saturated carbocycles. The molecule has 13 heavy (non-hydrogen) atoms. The highest BCUT2D eigenvalue weighted by Crippen LogP contribution is 2.20. The van der Waals surface area contributed by atoms with E-state index in [0.29, 0.717) is 0 Å². The molecule has 1 aromatic carbocycles. The molecule has 2 heteroatoms. The number of nitrogens with zero attached hydrogens (tertiary/aromatic N) is 1. The van der Waals surface area contributed by atoms with Gasteiger partial charge in [0.05, 0.1) is 6.20 Å². The Kier molecular flexibility index (Phi) is 1.96. The predicted molar refractivity (Wildman–Crippen MR) is 51.3 cm³/mol. The second-order valence-corrected chi connectivity index (χ2v) is 2.80. The minimum Gasteiger partial charge on any atom is -0.506 e. The van der Waals surface area contributed by atoms with E-state index >= 15 is 0 Å². The van der Waals surface area contributed by atoms with Gasteiger partial charge in [-0.05, 0) is 11.6 Å². The largest absolute Gasteiger partial charge is 0.506 e. The lowest BCUT2D eigenvalue weighted by Crippen LogP contribution is -1.78. The predicted octanol–water partition coefficient (Wildman–Crippen LogP) is 2.45. The number of hydrogen-bond acceptors (Lipinski definition) is 2. The molecule has 0 bridgehead atoms. The van der Waals surface area contributed by atoms with Crippen LogP contribution in [0.4, 0.5) is 0 Å². The van der Waals surface area contributed by atoms with Gasteiger partial charge in [-0.2, -0.15) is 0 Å². The summed E-state index contributed by atoms with van der Waals surface area (Å²) in [5, 5.41) is 9.21. The molecule has 1 heterocycles. The second kappa shape index (κ2) is 3.27. The number of pyridine rings is 1. The molecule has 0 aliphatic heterocycles. The van der Waals surface area contributed by atoms with Gasteiger partial charge in [0.2, 0.25) is 0 Å². The lowest BCUT2D eigenvalue weighted by atomic mass is 10.1. The molecule has 0 radical (unpaired) electrons. The third-order valence-electron chi connectivity index (χ3n) is 1.83. The first-order chi connectivity index (χ1) is 6.36. The fraction of sp³-hybridized carbons (Fsp3) is 0. The average Bonchev–Trinajstić information content (AvgIpc) is 2.19. The molecule has 0 spiro atoms. The number of aromatic nitrogens is 1. The lowest BCUT2D eigenvalue weighted by molar-refractivity contribution is 0.473. The molecule has 1 N–H and O–H groups in total. The highest BCUT2D eigenvalue weighted by Gasteiger charge is 1.96. The van der Waals surface area contributed by atoms with Crippen molar-refractivity contribution in [2.75, 3.05) is 0 Å². The summed E-state index contributed by atoms with van der Waals surface area (Å²) >= 11 is 0. The zero-order valence-corrected chi connectivity index (χ0v) is 7.01. The van der Waals surface area contributed by atoms with Crippen molar-refractivity contribution in [3.8, 4) is 16.9 Å². The van der Waals surface area contributed by atoms with Gasteiger partial charge in [-0.15, -0.1) is 0 Å². The van der Waals surface area contributed by atoms with Gasteiger partial charge in [0, 0.05) is 11.8 Å². The molecular formula is C11H9NO. The fourth-order valence-corrected chi connectivity index (χ4v) is 1.22. The Labute approximate surface area is 76.5 Å². The van der Waals surface area contributed by atoms with E-state index in [1.165, 1.54) is 6.20 Å². The minimum absolute atomic E-state index is 0.196. The van der Waals surface area contributed by atoms with Crippen molar-refractivity contribution in [1.82, 2.24) is 4.98 Å². The summed E-state index contributed by atoms with van der Waals surface area (Å²) in [7, 11) is 0. The highest BCUT2D eigenvalue weighted by molar-refractivity contribution is 5.63. The maximum Gasteiger partial charge on any atom is 0.134 e. The third kappa shape index (κ3) is 1.67. The molecule has 2 aromatic rings. The van der Waals surface area contributed by atoms with Crippen molar-refractivity contribution < 1.29 is 5.11 Å². The molecule has 0 saturated heterocycles. The van der Waals surface area contributed by atoms with Gasteiger partial charge in [-0.25, -0.2) is 0 Å². The molecule has 0 unspecified atom stereocenters. The molecule has 0 amide bonds. The lowest BCUT2D eigenvalue weighted by Gasteiger charge is -1.99. The quantitative estimate of drug-likeness (QED) is 0.714. The van der Waals surface area contributed by atoms with E-state index in [9.17, 15) is 5.11 Å². The van der Waals surface area contributed by atoms with E-state index in [4.69, 9.17) is 0 Å². The zero-order chi connectivity index (χ0) is 9.10. The van der Waals surface area contributed by atoms with Gasteiger partial charge in [-0.1, -0.05) is 30.3 Å². The van der Waals surface area contributed by atoms with E-state index in [1.54, 1.807) is 12.3 Å². The first kappa shape index (κ1) is 7.80. The Hall–Kier alpha value is -1.83. The molecular weight excluding hydrogens is 162 g/mol. The number of aromatic hydroxyl groups is 1. The van der Waals surface area contributed by atoms with Crippen LogP contribution in [0.25, 0.3) is 11.1 Å². The highest BCUT2D eigenvalue weighted by atomic mass is 16.3. The molecule has 0 aliphatic rings. The number of hydrogen-bond donors (Lipinski definition) is 1. The maximum absolute atomic E-state index is 9.21. The average molecular weight is 171 g/mol. The summed E-state index contributed by atoms with van der Waals surface area (Å²) in [6.07, 6.45) is 3.15. The first-order valence-electron chi connectivity index (χ1n) is 4.06. The van der Waals surface area contributed by atoms with Crippen LogP contribution in [0.3, 0.4) is 0 Å². The van der Waals surface area contributed by atoms with Crippen LogP contribution in [-0.2, 0) is 0 Å². The van der Waals surface area contributed by atoms with Crippen LogP contribution < -0.4 is 0 Å². The van der Waals surface area contributed by atoms with Gasteiger partial charge in [0.1, 0.15) is 5.75 Å². The van der Waals surface area contributed by atoms with Crippen molar-refractivity contribution in [1.29, 1.82) is 0 Å². The molecule has 2 rings (SSSR count). The van der Waals surface area contributed by atoms with Crippen LogP contribution in [0, 0.1) is 0 Å². The fourth-order valence-electron chi connectivity index (χ4n) is 1.22. The van der Waals surface area contributed by atoms with Crippen molar-refractivity contribution in [3.05, 3.63) is 48.8 Å². The van der Waals surface area contributed by atoms with Crippen molar-refractivity contribution >= 4 is 0 Å². The Bertz CT molecular complexity index is 398. The van der Waals surface area contributed by atoms with Crippen LogP contribution >= 0.6 is 0 Å². The van der Waals surface area contributed by atoms with Crippen LogP contribution in [0.5, 0.6) is 5.75 Å². The van der Waals surface area contributed by atoms with Crippen molar-refractivity contribution in [3.63, 3.8) is 0 Å². The molecule has 0 atom stereocenters. The monoisotopic (exact) mass is 171 g/mol. The summed E-state index contributed by atoms with van der Waals surface area (Å²) in [5.41, 5.74) is 1.99. The van der Waals surface area contributed by atoms with Crippen LogP contribution in [0.2, 0.25) is 0 Å². The minimum atomic E-state index is 0.196. The van der Waals surface area contributed by atoms with Gasteiger partial charge in [-0.3, -0.25) is 4.98 Å². The SMILES string of the molecule is Oc1cncc(-c2ccccc2)c1. The Morgan fingerprint density at radius 2 is 1.69 bits per heavy atom. The molecule has 2 nitrogen and oxygen atoms in total. The molecule has 0 fully saturated rings. The van der Waals surface area contributed by atoms with Crippen molar-refractivity contribution in [2.45, 2.75) is 0 Å². The Morgan fingerprint density at radius 3 is 2.38 bits per heavy atom. The van der Waals surface area contributed by atoms with Crippen molar-refractivity contribution in [2.24, 2.45) is 0 Å². The number of benzene rings is 1. The molecule has 0 aliphatic carbocycles. The van der Waals surface area contributed by atoms with Gasteiger partial charge in [0.15, 0.2) is 0 Å². The van der Waals surface area contributed by atoms with Gasteiger partial charge in [0.25, 0.3) is 0 Å². The van der Waals surface area contributed by atoms with E-state index < -0.39 is 0 Å². The summed E-state index contributed by atoms with van der Waals surface area (Å²) in [4.78, 5) is 3.91. The summed E-state index contributed by atoms with van der Waals surface area (Å²) in [6, 6.07) is 11.5. The van der Waals surface area contributed by atoms with Gasteiger partial charge < -0.3 is 5.11 Å². The maximum atomic E-state index is 9.21. The first-order valence-corrected chi connectivity index (χ1v) is 4.06. The second-order valence-electron chi connectivity index (χ2n) is 2.80. The third-order valence-corrected chi connectivity index (χ3v) is 1.83. The zero-order valence-electron chi connectivity index (χ0n) is 7.01. The van der Waals surface area contributed by atoms with Gasteiger partial charge >= 0.3 is 0 Å². The normalized spacial score (nSPS) is 9.85. The van der Waals surface area contributed by atoms with E-state index in [1.807, 2.05) is 30.3 Å². The van der Waals surface area contributed by atoms with E-state index in [2.05, 4.69) is 4.98 Å². The van der Waals surface area contributed by atoms with E-state index in [0.717, 1.165) is 11.1 Å². The van der Waals surface area contributed by atoms with E-state index in [-0.39, 0.29) is 5.75 Å². The van der Waals surface area contributed by atoms with Crippen LogP contribution in [-0.4, -0.2) is 10.1 Å². The summed E-state index contributed by atoms with van der Waals surface area (Å²) in [6.45, 7) is 0. The smallest absolute Gasteiger partial charge is 0.134 e. The number of rotatable bonds is 1. The Balaban J connectivity index is 2.48. The Morgan fingerprint density at radius 1 is 0.923 bits per heavy atom. The standard InChI is InChI=1S/C11H9NO/c13-11-6-10(7-12-8-11)9-4-2-1-3-5-9/h1-8,13H. The van der Waals surface area contributed by atoms with Crippen LogP contribution in [0.15, 0.2) is 48.8 Å². The summed E-state index contributed by atoms with van der Waals surface area (Å²) < 4.78 is 0. The molecule has 1 aromatic heterocycles.